The number of sulfone groups is 1. The van der Waals surface area contributed by atoms with Crippen LogP contribution in [-0.2, 0) is 25.9 Å². The number of ether oxygens (including phenoxy) is 2. The van der Waals surface area contributed by atoms with Gasteiger partial charge in [-0.15, -0.1) is 0 Å². The Labute approximate surface area is 179 Å². The van der Waals surface area contributed by atoms with Crippen molar-refractivity contribution in [1.29, 1.82) is 5.41 Å². The Bertz CT molecular complexity index is 817. The van der Waals surface area contributed by atoms with E-state index in [1.165, 1.54) is 31.7 Å². The van der Waals surface area contributed by atoms with Crippen LogP contribution in [0.3, 0.4) is 0 Å². The number of nitrogens with one attached hydrogen (secondary N) is 1. The van der Waals surface area contributed by atoms with Crippen LogP contribution in [0.15, 0.2) is 34.2 Å². The third-order valence-electron chi connectivity index (χ3n) is 6.14. The van der Waals surface area contributed by atoms with Gasteiger partial charge in [-0.2, -0.15) is 0 Å². The molecule has 1 saturated carbocycles. The third kappa shape index (κ3) is 6.70. The van der Waals surface area contributed by atoms with Crippen LogP contribution in [0.25, 0.3) is 0 Å². The Kier molecular flexibility index (Phi) is 8.16. The SMILES string of the molecule is COC(C=N)C=NCN1CCC(C2CC2COCc2ccc(S(C)(=O)=O)cc2)CC1. The second kappa shape index (κ2) is 10.6. The molecular formula is C22H33N3O4S. The minimum absolute atomic E-state index is 0.326. The van der Waals surface area contributed by atoms with Crippen molar-refractivity contribution in [3.63, 3.8) is 0 Å². The maximum absolute atomic E-state index is 11.5. The van der Waals surface area contributed by atoms with Gasteiger partial charge in [0.1, 0.15) is 6.10 Å². The van der Waals surface area contributed by atoms with E-state index in [2.05, 4.69) is 9.89 Å². The van der Waals surface area contributed by atoms with Gasteiger partial charge in [0, 0.05) is 38.9 Å². The Morgan fingerprint density at radius 1 is 1.27 bits per heavy atom. The monoisotopic (exact) mass is 435 g/mol. The Morgan fingerprint density at radius 3 is 2.57 bits per heavy atom. The van der Waals surface area contributed by atoms with Crippen LogP contribution in [0.5, 0.6) is 0 Å². The molecule has 0 radical (unpaired) electrons. The number of likely N-dealkylation sites (tertiary alicyclic amines) is 1. The van der Waals surface area contributed by atoms with Gasteiger partial charge in [-0.05, 0) is 54.7 Å². The van der Waals surface area contributed by atoms with Crippen LogP contribution in [0, 0.1) is 23.2 Å². The molecule has 3 rings (SSSR count). The molecule has 2 fully saturated rings. The molecule has 8 heteroatoms. The first-order valence-electron chi connectivity index (χ1n) is 10.5. The molecule has 0 bridgehead atoms. The van der Waals surface area contributed by atoms with E-state index in [0.29, 0.717) is 24.1 Å². The summed E-state index contributed by atoms with van der Waals surface area (Å²) in [6, 6.07) is 6.95. The lowest BCUT2D eigenvalue weighted by molar-refractivity contribution is 0.0998. The van der Waals surface area contributed by atoms with E-state index in [1.54, 1.807) is 25.5 Å². The molecule has 2 aliphatic rings. The van der Waals surface area contributed by atoms with Gasteiger partial charge in [0.05, 0.1) is 24.8 Å². The maximum atomic E-state index is 11.5. The predicted octanol–water partition coefficient (Wildman–Crippen LogP) is 2.65. The van der Waals surface area contributed by atoms with Crippen LogP contribution in [0.2, 0.25) is 0 Å². The number of hydrogen-bond donors (Lipinski definition) is 1. The van der Waals surface area contributed by atoms with Crippen molar-refractivity contribution in [3.05, 3.63) is 29.8 Å². The summed E-state index contributed by atoms with van der Waals surface area (Å²) in [6.45, 7) is 4.13. The van der Waals surface area contributed by atoms with E-state index >= 15 is 0 Å². The van der Waals surface area contributed by atoms with Crippen molar-refractivity contribution in [2.45, 2.75) is 36.9 Å². The number of nitrogens with zero attached hydrogens (tertiary/aromatic N) is 2. The second-order valence-corrected chi connectivity index (χ2v) is 10.4. The summed E-state index contributed by atoms with van der Waals surface area (Å²) in [5, 5.41) is 7.22. The normalized spacial score (nSPS) is 24.2. The van der Waals surface area contributed by atoms with Crippen LogP contribution in [0.4, 0.5) is 0 Å². The third-order valence-corrected chi connectivity index (χ3v) is 7.27. The first-order valence-corrected chi connectivity index (χ1v) is 12.4. The molecule has 1 aliphatic carbocycles. The molecule has 0 spiro atoms. The van der Waals surface area contributed by atoms with Gasteiger partial charge in [-0.3, -0.25) is 9.89 Å². The zero-order valence-corrected chi connectivity index (χ0v) is 18.7. The summed E-state index contributed by atoms with van der Waals surface area (Å²) in [5.74, 6) is 2.21. The van der Waals surface area contributed by atoms with Gasteiger partial charge in [-0.25, -0.2) is 8.42 Å². The van der Waals surface area contributed by atoms with Crippen LogP contribution in [-0.4, -0.2) is 71.6 Å². The van der Waals surface area contributed by atoms with Crippen molar-refractivity contribution >= 4 is 22.3 Å². The minimum Gasteiger partial charge on any atom is -0.376 e. The van der Waals surface area contributed by atoms with Crippen LogP contribution < -0.4 is 0 Å². The van der Waals surface area contributed by atoms with E-state index in [-0.39, 0.29) is 6.10 Å². The largest absolute Gasteiger partial charge is 0.376 e. The highest BCUT2D eigenvalue weighted by atomic mass is 32.2. The van der Waals surface area contributed by atoms with Crippen molar-refractivity contribution in [3.8, 4) is 0 Å². The highest BCUT2D eigenvalue weighted by Gasteiger charge is 2.43. The van der Waals surface area contributed by atoms with Gasteiger partial charge in [-0.1, -0.05) is 12.1 Å². The summed E-state index contributed by atoms with van der Waals surface area (Å²) >= 11 is 0. The van der Waals surface area contributed by atoms with Crippen molar-refractivity contribution < 1.29 is 17.9 Å². The summed E-state index contributed by atoms with van der Waals surface area (Å²) in [6.07, 6.45) is 7.51. The molecule has 1 saturated heterocycles. The van der Waals surface area contributed by atoms with Crippen LogP contribution >= 0.6 is 0 Å². The zero-order chi connectivity index (χ0) is 21.6. The molecule has 0 aromatic heterocycles. The quantitative estimate of drug-likeness (QED) is 0.540. The number of benzene rings is 1. The Morgan fingerprint density at radius 2 is 1.97 bits per heavy atom. The lowest BCUT2D eigenvalue weighted by Crippen LogP contribution is -2.35. The first kappa shape index (κ1) is 23.1. The van der Waals surface area contributed by atoms with E-state index in [0.717, 1.165) is 37.1 Å². The molecule has 1 aromatic carbocycles. The van der Waals surface area contributed by atoms with Crippen molar-refractivity contribution in [1.82, 2.24) is 4.90 Å². The first-order chi connectivity index (χ1) is 14.4. The average molecular weight is 436 g/mol. The van der Waals surface area contributed by atoms with E-state index in [4.69, 9.17) is 14.9 Å². The fourth-order valence-corrected chi connectivity index (χ4v) is 4.79. The smallest absolute Gasteiger partial charge is 0.175 e. The lowest BCUT2D eigenvalue weighted by atomic mass is 9.91. The molecule has 1 heterocycles. The molecule has 3 atom stereocenters. The highest BCUT2D eigenvalue weighted by molar-refractivity contribution is 7.90. The summed E-state index contributed by atoms with van der Waals surface area (Å²) in [7, 11) is -1.56. The molecular weight excluding hydrogens is 402 g/mol. The fraction of sp³-hybridized carbons (Fsp3) is 0.636. The topological polar surface area (TPSA) is 92.0 Å². The second-order valence-electron chi connectivity index (χ2n) is 8.39. The van der Waals surface area contributed by atoms with Gasteiger partial charge in [0.2, 0.25) is 0 Å². The number of methoxy groups -OCH3 is 1. The molecule has 1 aliphatic heterocycles. The summed E-state index contributed by atoms with van der Waals surface area (Å²) in [5.41, 5.74) is 1.01. The number of rotatable bonds is 11. The van der Waals surface area contributed by atoms with Crippen molar-refractivity contribution in [2.75, 3.05) is 39.7 Å². The number of hydrogen-bond acceptors (Lipinski definition) is 7. The molecule has 3 unspecified atom stereocenters. The predicted molar refractivity (Wildman–Crippen MR) is 118 cm³/mol. The van der Waals surface area contributed by atoms with Gasteiger partial charge in [0.25, 0.3) is 0 Å². The van der Waals surface area contributed by atoms with Gasteiger partial charge >= 0.3 is 0 Å². The molecule has 166 valence electrons. The van der Waals surface area contributed by atoms with Gasteiger partial charge < -0.3 is 14.9 Å². The van der Waals surface area contributed by atoms with Gasteiger partial charge in [0.15, 0.2) is 9.84 Å². The highest BCUT2D eigenvalue weighted by Crippen LogP contribution is 2.48. The minimum atomic E-state index is -3.15. The summed E-state index contributed by atoms with van der Waals surface area (Å²) < 4.78 is 34.0. The number of aliphatic imine (C=N–C) groups is 1. The molecule has 7 nitrogen and oxygen atoms in total. The standard InChI is InChI=1S/C22H33N3O4S/c1-28-20(12-23)13-24-16-25-9-7-18(8-10-25)22-11-19(22)15-29-14-17-3-5-21(6-4-17)30(2,26)27/h3-6,12-13,18-20,22-23H,7-11,14-16H2,1-2H3. The molecule has 0 amide bonds. The number of piperidine rings is 1. The van der Waals surface area contributed by atoms with E-state index in [9.17, 15) is 8.42 Å². The molecule has 1 aromatic rings. The van der Waals surface area contributed by atoms with E-state index in [1.807, 2.05) is 12.1 Å². The fourth-order valence-electron chi connectivity index (χ4n) is 4.16. The summed E-state index contributed by atoms with van der Waals surface area (Å²) in [4.78, 5) is 7.10. The Hall–Kier alpha value is -1.61. The Balaban J connectivity index is 1.32. The zero-order valence-electron chi connectivity index (χ0n) is 17.9. The van der Waals surface area contributed by atoms with Crippen LogP contribution in [0.1, 0.15) is 24.8 Å². The lowest BCUT2D eigenvalue weighted by Gasteiger charge is -2.31. The molecule has 30 heavy (non-hydrogen) atoms. The van der Waals surface area contributed by atoms with Crippen molar-refractivity contribution in [2.24, 2.45) is 22.7 Å². The average Bonchev–Trinajstić information content (AvgIpc) is 3.51. The molecule has 1 N–H and O–H groups in total. The maximum Gasteiger partial charge on any atom is 0.175 e. The van der Waals surface area contributed by atoms with E-state index < -0.39 is 9.84 Å².